The van der Waals surface area contributed by atoms with Gasteiger partial charge in [0.05, 0.1) is 28.0 Å². The standard InChI is InChI=1S/C25H22FN3O2S/c1-15-8-9-22(20(26)13-15)27-23(30)14-32-25-28-21-7-5-4-6-19(21)24(31)29(25)18-11-16(2)10-17(3)12-18/h4-13H,14H2,1-3H3,(H,27,30). The highest BCUT2D eigenvalue weighted by molar-refractivity contribution is 7.99. The zero-order valence-electron chi connectivity index (χ0n) is 18.0. The van der Waals surface area contributed by atoms with Gasteiger partial charge in [-0.1, -0.05) is 36.0 Å². The van der Waals surface area contributed by atoms with E-state index in [1.807, 2.05) is 38.1 Å². The Morgan fingerprint density at radius 2 is 1.72 bits per heavy atom. The molecule has 32 heavy (non-hydrogen) atoms. The van der Waals surface area contributed by atoms with Crippen molar-refractivity contribution in [2.75, 3.05) is 11.1 Å². The number of thioether (sulfide) groups is 1. The number of carbonyl (C=O) groups excluding carboxylic acids is 1. The number of carbonyl (C=O) groups is 1. The van der Waals surface area contributed by atoms with Crippen LogP contribution in [-0.4, -0.2) is 21.2 Å². The molecular weight excluding hydrogens is 425 g/mol. The van der Waals surface area contributed by atoms with Crippen LogP contribution in [0.25, 0.3) is 16.6 Å². The maximum Gasteiger partial charge on any atom is 0.266 e. The highest BCUT2D eigenvalue weighted by Gasteiger charge is 2.16. The molecular formula is C25H22FN3O2S. The molecule has 0 bridgehead atoms. The second-order valence-electron chi connectivity index (χ2n) is 7.72. The Morgan fingerprint density at radius 1 is 1.00 bits per heavy atom. The number of rotatable bonds is 5. The summed E-state index contributed by atoms with van der Waals surface area (Å²) in [5, 5.41) is 3.49. The van der Waals surface area contributed by atoms with Gasteiger partial charge in [-0.05, 0) is 73.9 Å². The molecule has 0 aliphatic carbocycles. The van der Waals surface area contributed by atoms with Crippen molar-refractivity contribution in [3.8, 4) is 5.69 Å². The van der Waals surface area contributed by atoms with Crippen molar-refractivity contribution >= 4 is 34.3 Å². The number of aromatic nitrogens is 2. The highest BCUT2D eigenvalue weighted by atomic mass is 32.2. The van der Waals surface area contributed by atoms with Crippen LogP contribution in [0.2, 0.25) is 0 Å². The van der Waals surface area contributed by atoms with E-state index in [9.17, 15) is 14.0 Å². The minimum Gasteiger partial charge on any atom is -0.323 e. The summed E-state index contributed by atoms with van der Waals surface area (Å²) in [4.78, 5) is 30.5. The summed E-state index contributed by atoms with van der Waals surface area (Å²) in [6.45, 7) is 5.71. The van der Waals surface area contributed by atoms with Gasteiger partial charge in [0, 0.05) is 0 Å². The van der Waals surface area contributed by atoms with Crippen LogP contribution in [0.5, 0.6) is 0 Å². The third kappa shape index (κ3) is 4.57. The minimum atomic E-state index is -0.487. The quantitative estimate of drug-likeness (QED) is 0.338. The number of fused-ring (bicyclic) bond motifs is 1. The molecule has 0 saturated heterocycles. The van der Waals surface area contributed by atoms with E-state index in [1.165, 1.54) is 16.7 Å². The molecule has 0 saturated carbocycles. The smallest absolute Gasteiger partial charge is 0.266 e. The van der Waals surface area contributed by atoms with Gasteiger partial charge in [-0.25, -0.2) is 9.37 Å². The van der Waals surface area contributed by atoms with Crippen LogP contribution >= 0.6 is 11.8 Å². The summed E-state index contributed by atoms with van der Waals surface area (Å²) in [6, 6.07) is 17.6. The maximum atomic E-state index is 14.1. The van der Waals surface area contributed by atoms with Crippen LogP contribution in [0.4, 0.5) is 10.1 Å². The molecule has 0 radical (unpaired) electrons. The summed E-state index contributed by atoms with van der Waals surface area (Å²) in [5.41, 5.74) is 3.98. The summed E-state index contributed by atoms with van der Waals surface area (Å²) in [5.74, 6) is -0.894. The van der Waals surface area contributed by atoms with E-state index < -0.39 is 5.82 Å². The SMILES string of the molecule is Cc1cc(C)cc(-n2c(SCC(=O)Nc3ccc(C)cc3F)nc3ccccc3c2=O)c1. The van der Waals surface area contributed by atoms with Gasteiger partial charge in [-0.15, -0.1) is 0 Å². The first-order valence-electron chi connectivity index (χ1n) is 10.1. The molecule has 7 heteroatoms. The molecule has 0 fully saturated rings. The number of halogens is 1. The Bertz CT molecular complexity index is 1380. The van der Waals surface area contributed by atoms with Crippen molar-refractivity contribution < 1.29 is 9.18 Å². The molecule has 4 aromatic rings. The van der Waals surface area contributed by atoms with E-state index in [-0.39, 0.29) is 22.9 Å². The molecule has 0 aliphatic rings. The van der Waals surface area contributed by atoms with Crippen molar-refractivity contribution in [3.05, 3.63) is 93.5 Å². The average Bonchev–Trinajstić information content (AvgIpc) is 2.73. The maximum absolute atomic E-state index is 14.1. The molecule has 1 heterocycles. The number of benzene rings is 3. The highest BCUT2D eigenvalue weighted by Crippen LogP contribution is 2.23. The Balaban J connectivity index is 1.69. The molecule has 0 unspecified atom stereocenters. The number of amides is 1. The van der Waals surface area contributed by atoms with E-state index >= 15 is 0 Å². The molecule has 1 aromatic heterocycles. The van der Waals surface area contributed by atoms with Gasteiger partial charge < -0.3 is 5.32 Å². The first-order chi connectivity index (χ1) is 15.3. The van der Waals surface area contributed by atoms with E-state index in [0.717, 1.165) is 28.5 Å². The minimum absolute atomic E-state index is 0.0249. The predicted molar refractivity (Wildman–Crippen MR) is 127 cm³/mol. The average molecular weight is 448 g/mol. The first kappa shape index (κ1) is 21.8. The van der Waals surface area contributed by atoms with Crippen LogP contribution in [0.1, 0.15) is 16.7 Å². The third-order valence-corrected chi connectivity index (χ3v) is 5.88. The number of hydrogen-bond acceptors (Lipinski definition) is 4. The lowest BCUT2D eigenvalue weighted by atomic mass is 10.1. The van der Waals surface area contributed by atoms with Crippen LogP contribution in [0.15, 0.2) is 70.6 Å². The Kier molecular flexibility index (Phi) is 6.10. The molecule has 3 aromatic carbocycles. The topological polar surface area (TPSA) is 64.0 Å². The first-order valence-corrected chi connectivity index (χ1v) is 11.1. The van der Waals surface area contributed by atoms with Gasteiger partial charge in [-0.2, -0.15) is 0 Å². The number of hydrogen-bond donors (Lipinski definition) is 1. The molecule has 4 rings (SSSR count). The number of aryl methyl sites for hydroxylation is 3. The van der Waals surface area contributed by atoms with Gasteiger partial charge in [-0.3, -0.25) is 14.2 Å². The lowest BCUT2D eigenvalue weighted by Crippen LogP contribution is -2.23. The van der Waals surface area contributed by atoms with Crippen molar-refractivity contribution in [2.45, 2.75) is 25.9 Å². The van der Waals surface area contributed by atoms with Gasteiger partial charge in [0.25, 0.3) is 5.56 Å². The predicted octanol–water partition coefficient (Wildman–Crippen LogP) is 5.18. The normalized spacial score (nSPS) is 11.0. The number of para-hydroxylation sites is 1. The Labute approximate surface area is 189 Å². The zero-order chi connectivity index (χ0) is 22.8. The molecule has 0 atom stereocenters. The molecule has 162 valence electrons. The van der Waals surface area contributed by atoms with Crippen molar-refractivity contribution in [1.29, 1.82) is 0 Å². The van der Waals surface area contributed by atoms with E-state index in [2.05, 4.69) is 10.3 Å². The fraction of sp³-hybridized carbons (Fsp3) is 0.160. The van der Waals surface area contributed by atoms with Gasteiger partial charge in [0.1, 0.15) is 5.82 Å². The van der Waals surface area contributed by atoms with E-state index in [4.69, 9.17) is 0 Å². The van der Waals surface area contributed by atoms with Crippen LogP contribution in [0, 0.1) is 26.6 Å². The Morgan fingerprint density at radius 3 is 2.44 bits per heavy atom. The fourth-order valence-electron chi connectivity index (χ4n) is 3.55. The molecule has 0 aliphatic heterocycles. The molecule has 0 spiro atoms. The summed E-state index contributed by atoms with van der Waals surface area (Å²) in [6.07, 6.45) is 0. The Hall–Kier alpha value is -3.45. The van der Waals surface area contributed by atoms with Crippen LogP contribution in [-0.2, 0) is 4.79 Å². The molecule has 1 amide bonds. The van der Waals surface area contributed by atoms with Gasteiger partial charge in [0.2, 0.25) is 5.91 Å². The molecule has 5 nitrogen and oxygen atoms in total. The van der Waals surface area contributed by atoms with Crippen molar-refractivity contribution in [1.82, 2.24) is 9.55 Å². The fourth-order valence-corrected chi connectivity index (χ4v) is 4.37. The summed E-state index contributed by atoms with van der Waals surface area (Å²) < 4.78 is 15.6. The third-order valence-electron chi connectivity index (χ3n) is 4.94. The monoisotopic (exact) mass is 447 g/mol. The summed E-state index contributed by atoms with van der Waals surface area (Å²) in [7, 11) is 0. The largest absolute Gasteiger partial charge is 0.323 e. The van der Waals surface area contributed by atoms with Gasteiger partial charge >= 0.3 is 0 Å². The van der Waals surface area contributed by atoms with E-state index in [0.29, 0.717) is 21.7 Å². The van der Waals surface area contributed by atoms with Crippen LogP contribution in [0.3, 0.4) is 0 Å². The van der Waals surface area contributed by atoms with Crippen LogP contribution < -0.4 is 10.9 Å². The number of nitrogens with one attached hydrogen (secondary N) is 1. The number of anilines is 1. The second kappa shape index (κ2) is 8.96. The lowest BCUT2D eigenvalue weighted by molar-refractivity contribution is -0.113. The van der Waals surface area contributed by atoms with Gasteiger partial charge in [0.15, 0.2) is 5.16 Å². The number of nitrogens with zero attached hydrogens (tertiary/aromatic N) is 2. The van der Waals surface area contributed by atoms with Crippen molar-refractivity contribution in [3.63, 3.8) is 0 Å². The zero-order valence-corrected chi connectivity index (χ0v) is 18.8. The summed E-state index contributed by atoms with van der Waals surface area (Å²) >= 11 is 1.14. The van der Waals surface area contributed by atoms with E-state index in [1.54, 1.807) is 31.2 Å². The molecule has 1 N–H and O–H groups in total. The second-order valence-corrected chi connectivity index (χ2v) is 8.66. The lowest BCUT2D eigenvalue weighted by Gasteiger charge is -2.14. The van der Waals surface area contributed by atoms with Crippen molar-refractivity contribution in [2.24, 2.45) is 0 Å².